The largest absolute Gasteiger partial charge is 0.378 e. The topological polar surface area (TPSA) is 93.0 Å². The first-order valence-electron chi connectivity index (χ1n) is 10.3. The van der Waals surface area contributed by atoms with E-state index in [9.17, 15) is 4.39 Å². The highest BCUT2D eigenvalue weighted by atomic mass is 35.5. The first-order valence-corrected chi connectivity index (χ1v) is 11.8. The van der Waals surface area contributed by atoms with E-state index in [4.69, 9.17) is 25.9 Å². The minimum absolute atomic E-state index is 0.0296. The molecular formula is C24H19ClF2N5O2P. The van der Waals surface area contributed by atoms with Crippen LogP contribution in [-0.2, 0) is 15.6 Å². The van der Waals surface area contributed by atoms with Crippen molar-refractivity contribution in [2.45, 2.75) is 13.5 Å². The van der Waals surface area contributed by atoms with Gasteiger partial charge in [-0.05, 0) is 37.3 Å². The lowest BCUT2D eigenvalue weighted by Gasteiger charge is -2.15. The van der Waals surface area contributed by atoms with Crippen molar-refractivity contribution < 1.29 is 17.8 Å². The van der Waals surface area contributed by atoms with Crippen molar-refractivity contribution >= 4 is 42.1 Å². The highest BCUT2D eigenvalue weighted by Gasteiger charge is 2.19. The molecule has 11 heteroatoms. The quantitative estimate of drug-likeness (QED) is 0.319. The lowest BCUT2D eigenvalue weighted by Crippen LogP contribution is -2.08. The van der Waals surface area contributed by atoms with E-state index in [1.807, 2.05) is 6.07 Å². The van der Waals surface area contributed by atoms with Crippen LogP contribution in [0.15, 0.2) is 42.6 Å². The highest BCUT2D eigenvalue weighted by Crippen LogP contribution is 2.36. The molecule has 3 aromatic heterocycles. The van der Waals surface area contributed by atoms with Gasteiger partial charge in [-0.2, -0.15) is 5.26 Å². The van der Waals surface area contributed by atoms with Crippen LogP contribution in [0, 0.1) is 29.9 Å². The zero-order valence-electron chi connectivity index (χ0n) is 18.9. The number of hydrogen-bond acceptors (Lipinski definition) is 7. The Morgan fingerprint density at radius 3 is 2.51 bits per heavy atom. The molecule has 0 saturated carbocycles. The van der Waals surface area contributed by atoms with E-state index < -0.39 is 20.0 Å². The molecule has 7 nitrogen and oxygen atoms in total. The summed E-state index contributed by atoms with van der Waals surface area (Å²) >= 11 is 6.52. The van der Waals surface area contributed by atoms with E-state index in [-0.39, 0.29) is 28.3 Å². The van der Waals surface area contributed by atoms with Crippen LogP contribution in [0.3, 0.4) is 0 Å². The molecule has 35 heavy (non-hydrogen) atoms. The SMILES string of the molecule is COP(OC)c1ccc(-c2nc3c(NCc4cc(C#N)ccc4F)c(Cl)c(C)nc3cc2F)cn1. The number of rotatable bonds is 7. The molecule has 178 valence electrons. The molecule has 0 radical (unpaired) electrons. The number of nitrogens with zero attached hydrogens (tertiary/aromatic N) is 4. The number of halogens is 3. The first-order chi connectivity index (χ1) is 16.9. The summed E-state index contributed by atoms with van der Waals surface area (Å²) in [7, 11) is 1.71. The molecule has 0 amide bonds. The van der Waals surface area contributed by atoms with Crippen LogP contribution < -0.4 is 10.8 Å². The average molecular weight is 514 g/mol. The van der Waals surface area contributed by atoms with E-state index in [1.54, 1.807) is 19.1 Å². The van der Waals surface area contributed by atoms with Crippen molar-refractivity contribution in [3.63, 3.8) is 0 Å². The van der Waals surface area contributed by atoms with Crippen molar-refractivity contribution in [2.75, 3.05) is 19.5 Å². The molecule has 0 fully saturated rings. The molecule has 0 bridgehead atoms. The molecule has 3 heterocycles. The third-order valence-electron chi connectivity index (χ3n) is 5.19. The van der Waals surface area contributed by atoms with Gasteiger partial charge < -0.3 is 14.4 Å². The number of nitriles is 1. The van der Waals surface area contributed by atoms with E-state index >= 15 is 4.39 Å². The van der Waals surface area contributed by atoms with Gasteiger partial charge in [-0.25, -0.2) is 18.7 Å². The number of aromatic nitrogens is 3. The Hall–Kier alpha value is -3.28. The van der Waals surface area contributed by atoms with E-state index in [1.165, 1.54) is 44.7 Å². The molecule has 0 saturated heterocycles. The molecule has 1 N–H and O–H groups in total. The Kier molecular flexibility index (Phi) is 7.48. The summed E-state index contributed by atoms with van der Waals surface area (Å²) in [5.41, 5.74) is 3.11. The lowest BCUT2D eigenvalue weighted by molar-refractivity contribution is 0.349. The van der Waals surface area contributed by atoms with Gasteiger partial charge in [-0.15, -0.1) is 0 Å². The normalized spacial score (nSPS) is 11.1. The molecule has 0 aliphatic rings. The third-order valence-corrected chi connectivity index (χ3v) is 6.95. The zero-order chi connectivity index (χ0) is 25.1. The Morgan fingerprint density at radius 2 is 1.86 bits per heavy atom. The van der Waals surface area contributed by atoms with E-state index in [0.717, 1.165) is 0 Å². The monoisotopic (exact) mass is 513 g/mol. The summed E-state index contributed by atoms with van der Waals surface area (Å²) in [6.07, 6.45) is 1.49. The van der Waals surface area contributed by atoms with Gasteiger partial charge in [-0.1, -0.05) is 11.6 Å². The maximum Gasteiger partial charge on any atom is 0.224 e. The fraction of sp³-hybridized carbons (Fsp3) is 0.167. The predicted octanol–water partition coefficient (Wildman–Crippen LogP) is 5.65. The number of benzene rings is 1. The number of hydrogen-bond donors (Lipinski definition) is 1. The maximum atomic E-state index is 15.0. The zero-order valence-corrected chi connectivity index (χ0v) is 20.6. The molecule has 0 aliphatic carbocycles. The second-order valence-electron chi connectivity index (χ2n) is 7.37. The smallest absolute Gasteiger partial charge is 0.224 e. The number of aryl methyl sites for hydroxylation is 1. The summed E-state index contributed by atoms with van der Waals surface area (Å²) in [5, 5.41) is 12.5. The van der Waals surface area contributed by atoms with Gasteiger partial charge in [0.25, 0.3) is 0 Å². The summed E-state index contributed by atoms with van der Waals surface area (Å²) in [6, 6.07) is 10.7. The second-order valence-corrected chi connectivity index (χ2v) is 9.45. The van der Waals surface area contributed by atoms with Gasteiger partial charge in [0.05, 0.1) is 33.6 Å². The molecule has 4 aromatic rings. The average Bonchev–Trinajstić information content (AvgIpc) is 2.86. The van der Waals surface area contributed by atoms with Gasteiger partial charge in [0.2, 0.25) is 8.38 Å². The maximum absolute atomic E-state index is 15.0. The van der Waals surface area contributed by atoms with Crippen LogP contribution in [0.25, 0.3) is 22.3 Å². The molecule has 4 rings (SSSR count). The Bertz CT molecular complexity index is 1440. The van der Waals surface area contributed by atoms with Crippen LogP contribution in [0.1, 0.15) is 16.8 Å². The van der Waals surface area contributed by atoms with Gasteiger partial charge in [-0.3, -0.25) is 4.98 Å². The molecule has 0 aliphatic heterocycles. The highest BCUT2D eigenvalue weighted by molar-refractivity contribution is 7.55. The fourth-order valence-electron chi connectivity index (χ4n) is 3.49. The van der Waals surface area contributed by atoms with Gasteiger partial charge >= 0.3 is 0 Å². The summed E-state index contributed by atoms with van der Waals surface area (Å²) in [6.45, 7) is 1.71. The van der Waals surface area contributed by atoms with Gasteiger partial charge in [0, 0.05) is 44.2 Å². The number of fused-ring (bicyclic) bond motifs is 1. The predicted molar refractivity (Wildman–Crippen MR) is 131 cm³/mol. The minimum Gasteiger partial charge on any atom is -0.378 e. The van der Waals surface area contributed by atoms with Crippen LogP contribution in [0.4, 0.5) is 14.5 Å². The molecule has 1 aromatic carbocycles. The lowest BCUT2D eigenvalue weighted by atomic mass is 10.1. The second kappa shape index (κ2) is 10.5. The summed E-state index contributed by atoms with van der Waals surface area (Å²) < 4.78 is 39.8. The van der Waals surface area contributed by atoms with Crippen molar-refractivity contribution in [3.8, 4) is 17.3 Å². The Labute approximate surface area is 206 Å². The van der Waals surface area contributed by atoms with Gasteiger partial charge in [0.15, 0.2) is 5.82 Å². The molecule has 0 unspecified atom stereocenters. The van der Waals surface area contributed by atoms with Crippen LogP contribution in [0.2, 0.25) is 5.02 Å². The Balaban J connectivity index is 1.77. The number of pyridine rings is 3. The molecule has 0 spiro atoms. The standard InChI is InChI=1S/C24H19ClF2N5O2P/c1-13-21(25)24(30-12-16-8-14(10-28)4-6-17(16)26)23-19(31-13)9-18(27)22(32-23)15-5-7-20(29-11-15)35(33-2)34-3/h4-9,11H,12H2,1-3H3,(H,30,31). The van der Waals surface area contributed by atoms with Crippen molar-refractivity contribution in [2.24, 2.45) is 0 Å². The van der Waals surface area contributed by atoms with Crippen LogP contribution >= 0.6 is 20.0 Å². The number of anilines is 1. The van der Waals surface area contributed by atoms with Crippen LogP contribution in [0.5, 0.6) is 0 Å². The summed E-state index contributed by atoms with van der Waals surface area (Å²) in [5.74, 6) is -1.05. The van der Waals surface area contributed by atoms with Crippen LogP contribution in [-0.4, -0.2) is 29.2 Å². The first kappa shape index (κ1) is 24.8. The minimum atomic E-state index is -1.33. The van der Waals surface area contributed by atoms with Crippen molar-refractivity contribution in [1.29, 1.82) is 5.26 Å². The van der Waals surface area contributed by atoms with Crippen molar-refractivity contribution in [1.82, 2.24) is 15.0 Å². The van der Waals surface area contributed by atoms with E-state index in [2.05, 4.69) is 20.3 Å². The van der Waals surface area contributed by atoms with Crippen molar-refractivity contribution in [3.05, 3.63) is 76.1 Å². The molecule has 0 atom stereocenters. The molecular weight excluding hydrogens is 495 g/mol. The summed E-state index contributed by atoms with van der Waals surface area (Å²) in [4.78, 5) is 13.2. The Morgan fingerprint density at radius 1 is 1.09 bits per heavy atom. The third kappa shape index (κ3) is 5.07. The van der Waals surface area contributed by atoms with E-state index in [0.29, 0.717) is 33.5 Å². The number of nitrogens with one attached hydrogen (secondary N) is 1. The van der Waals surface area contributed by atoms with Gasteiger partial charge in [0.1, 0.15) is 22.5 Å². The fourth-order valence-corrected chi connectivity index (χ4v) is 4.56.